The molecule has 0 unspecified atom stereocenters. The summed E-state index contributed by atoms with van der Waals surface area (Å²) in [7, 11) is 0. The summed E-state index contributed by atoms with van der Waals surface area (Å²) in [4.78, 5) is 12.1. The summed E-state index contributed by atoms with van der Waals surface area (Å²) in [5.74, 6) is 1.85. The second-order valence-corrected chi connectivity index (χ2v) is 9.33. The van der Waals surface area contributed by atoms with Crippen LogP contribution in [-0.4, -0.2) is 50.2 Å². The lowest BCUT2D eigenvalue weighted by Gasteiger charge is -2.33. The van der Waals surface area contributed by atoms with Crippen molar-refractivity contribution in [1.29, 1.82) is 0 Å². The molecule has 1 aliphatic rings. The number of benzene rings is 1. The number of para-hydroxylation sites is 1. The molecule has 0 saturated carbocycles. The largest absolute Gasteiger partial charge is 0.506 e. The molecule has 1 aromatic carbocycles. The maximum Gasteiger partial charge on any atom is 0.204 e. The van der Waals surface area contributed by atoms with Gasteiger partial charge in [-0.15, -0.1) is 0 Å². The normalized spacial score (nSPS) is 15.8. The Morgan fingerprint density at radius 1 is 1.10 bits per heavy atom. The van der Waals surface area contributed by atoms with Crippen LogP contribution in [-0.2, 0) is 6.54 Å². The lowest BCUT2D eigenvalue weighted by molar-refractivity contribution is 0.208. The molecule has 0 spiro atoms. The number of hydrogen-bond donors (Lipinski definition) is 2. The average molecular weight is 422 g/mol. The van der Waals surface area contributed by atoms with Crippen molar-refractivity contribution >= 4 is 17.0 Å². The maximum absolute atomic E-state index is 10.4. The minimum atomic E-state index is 0.226. The predicted molar refractivity (Wildman–Crippen MR) is 127 cm³/mol. The molecule has 1 aliphatic heterocycles. The van der Waals surface area contributed by atoms with Crippen LogP contribution in [0.1, 0.15) is 50.1 Å². The molecule has 2 N–H and O–H groups in total. The van der Waals surface area contributed by atoms with Gasteiger partial charge >= 0.3 is 0 Å². The second kappa shape index (κ2) is 9.27. The molecule has 166 valence electrons. The molecule has 6 nitrogen and oxygen atoms in total. The molecule has 0 aliphatic carbocycles. The Morgan fingerprint density at radius 2 is 1.87 bits per heavy atom. The fraction of sp³-hybridized carbons (Fsp3) is 0.520. The molecule has 0 atom stereocenters. The van der Waals surface area contributed by atoms with Crippen molar-refractivity contribution in [3.8, 4) is 5.75 Å². The van der Waals surface area contributed by atoms with Gasteiger partial charge in [-0.25, -0.2) is 4.98 Å². The number of aryl methyl sites for hydroxylation is 2. The number of likely N-dealkylation sites (tertiary alicyclic amines) is 1. The summed E-state index contributed by atoms with van der Waals surface area (Å²) in [5, 5.41) is 14.1. The number of hydrogen-bond acceptors (Lipinski definition) is 5. The quantitative estimate of drug-likeness (QED) is 0.578. The van der Waals surface area contributed by atoms with Crippen LogP contribution in [0.15, 0.2) is 30.3 Å². The first-order valence-corrected chi connectivity index (χ1v) is 11.5. The lowest BCUT2D eigenvalue weighted by Crippen LogP contribution is -2.40. The summed E-state index contributed by atoms with van der Waals surface area (Å²) in [6.45, 7) is 12.6. The molecule has 6 heteroatoms. The Bertz CT molecular complexity index is 1030. The zero-order valence-corrected chi connectivity index (χ0v) is 19.2. The number of piperidine rings is 1. The third kappa shape index (κ3) is 5.01. The Labute approximate surface area is 185 Å². The number of pyridine rings is 1. The first kappa shape index (κ1) is 21.6. The van der Waals surface area contributed by atoms with E-state index in [0.29, 0.717) is 18.3 Å². The van der Waals surface area contributed by atoms with E-state index in [2.05, 4.69) is 58.7 Å². The monoisotopic (exact) mass is 421 g/mol. The van der Waals surface area contributed by atoms with Gasteiger partial charge in [0.2, 0.25) is 5.95 Å². The third-order valence-corrected chi connectivity index (χ3v) is 6.32. The highest BCUT2D eigenvalue weighted by Crippen LogP contribution is 2.27. The zero-order valence-electron chi connectivity index (χ0n) is 19.2. The Balaban J connectivity index is 1.56. The molecule has 0 amide bonds. The van der Waals surface area contributed by atoms with Crippen molar-refractivity contribution in [1.82, 2.24) is 19.4 Å². The van der Waals surface area contributed by atoms with Crippen molar-refractivity contribution in [2.24, 2.45) is 5.92 Å². The predicted octanol–water partition coefficient (Wildman–Crippen LogP) is 4.72. The summed E-state index contributed by atoms with van der Waals surface area (Å²) in [6.07, 6.45) is 3.50. The maximum atomic E-state index is 10.4. The summed E-state index contributed by atoms with van der Waals surface area (Å²) >= 11 is 0. The fourth-order valence-electron chi connectivity index (χ4n) is 4.35. The van der Waals surface area contributed by atoms with E-state index >= 15 is 0 Å². The smallest absolute Gasteiger partial charge is 0.204 e. The minimum absolute atomic E-state index is 0.226. The van der Waals surface area contributed by atoms with E-state index in [4.69, 9.17) is 4.98 Å². The van der Waals surface area contributed by atoms with E-state index in [9.17, 15) is 5.11 Å². The van der Waals surface area contributed by atoms with Gasteiger partial charge in [-0.1, -0.05) is 26.0 Å². The van der Waals surface area contributed by atoms with Gasteiger partial charge in [0.1, 0.15) is 11.4 Å². The third-order valence-electron chi connectivity index (χ3n) is 6.32. The summed E-state index contributed by atoms with van der Waals surface area (Å²) in [6, 6.07) is 10.2. The van der Waals surface area contributed by atoms with Gasteiger partial charge in [0.05, 0.1) is 17.6 Å². The molecule has 2 aromatic heterocycles. The van der Waals surface area contributed by atoms with Crippen molar-refractivity contribution < 1.29 is 5.11 Å². The van der Waals surface area contributed by atoms with Gasteiger partial charge in [-0.2, -0.15) is 0 Å². The highest BCUT2D eigenvalue weighted by Gasteiger charge is 2.22. The van der Waals surface area contributed by atoms with Crippen LogP contribution in [0.3, 0.4) is 0 Å². The first-order valence-electron chi connectivity index (χ1n) is 11.5. The first-order chi connectivity index (χ1) is 14.9. The van der Waals surface area contributed by atoms with Crippen molar-refractivity contribution in [2.75, 3.05) is 25.0 Å². The van der Waals surface area contributed by atoms with Gasteiger partial charge in [-0.05, 0) is 69.3 Å². The number of anilines is 1. The highest BCUT2D eigenvalue weighted by atomic mass is 16.3. The Morgan fingerprint density at radius 3 is 2.61 bits per heavy atom. The van der Waals surface area contributed by atoms with Crippen molar-refractivity contribution in [3.05, 3.63) is 47.3 Å². The van der Waals surface area contributed by atoms with Crippen molar-refractivity contribution in [3.63, 3.8) is 0 Å². The van der Waals surface area contributed by atoms with Crippen LogP contribution in [0, 0.1) is 19.8 Å². The van der Waals surface area contributed by atoms with Crippen LogP contribution in [0.2, 0.25) is 0 Å². The molecule has 1 fully saturated rings. The molecule has 0 radical (unpaired) electrons. The van der Waals surface area contributed by atoms with E-state index in [1.165, 1.54) is 13.0 Å². The van der Waals surface area contributed by atoms with Gasteiger partial charge in [0.15, 0.2) is 0 Å². The Kier molecular flexibility index (Phi) is 6.46. The van der Waals surface area contributed by atoms with E-state index < -0.39 is 0 Å². The molecule has 31 heavy (non-hydrogen) atoms. The zero-order chi connectivity index (χ0) is 22.0. The lowest BCUT2D eigenvalue weighted by atomic mass is 10.0. The number of nitrogens with zero attached hydrogens (tertiary/aromatic N) is 4. The average Bonchev–Trinajstić information content (AvgIpc) is 3.08. The standard InChI is InChI=1S/C25H35N5O/c1-17(2)10-13-29-14-11-20(12-15-29)27-25-28-24-18(3)6-5-7-22(24)30(25)16-21-23(31)9-8-19(4)26-21/h5-9,17,20,31H,10-16H2,1-4H3,(H,27,28). The number of fused-ring (bicyclic) bond motifs is 1. The SMILES string of the molecule is Cc1ccc(O)c(Cn2c(NC3CCN(CCC(C)C)CC3)nc3c(C)cccc32)n1. The fourth-order valence-corrected chi connectivity index (χ4v) is 4.35. The number of imidazole rings is 1. The molecule has 3 aromatic rings. The Hall–Kier alpha value is -2.60. The van der Waals surface area contributed by atoms with Gasteiger partial charge < -0.3 is 19.9 Å². The van der Waals surface area contributed by atoms with Crippen LogP contribution < -0.4 is 5.32 Å². The summed E-state index contributed by atoms with van der Waals surface area (Å²) < 4.78 is 2.16. The molecule has 3 heterocycles. The van der Waals surface area contributed by atoms with Gasteiger partial charge in [0.25, 0.3) is 0 Å². The van der Waals surface area contributed by atoms with E-state index in [-0.39, 0.29) is 5.75 Å². The number of aromatic hydroxyl groups is 1. The van der Waals surface area contributed by atoms with Crippen molar-refractivity contribution in [2.45, 2.75) is 59.5 Å². The van der Waals surface area contributed by atoms with Gasteiger partial charge in [0, 0.05) is 24.8 Å². The van der Waals surface area contributed by atoms with Crippen LogP contribution in [0.25, 0.3) is 11.0 Å². The second-order valence-electron chi connectivity index (χ2n) is 9.33. The van der Waals surface area contributed by atoms with Crippen LogP contribution in [0.4, 0.5) is 5.95 Å². The number of aromatic nitrogens is 3. The minimum Gasteiger partial charge on any atom is -0.506 e. The molecule has 1 saturated heterocycles. The molecular formula is C25H35N5O. The van der Waals surface area contributed by atoms with Crippen LogP contribution >= 0.6 is 0 Å². The van der Waals surface area contributed by atoms with Gasteiger partial charge in [-0.3, -0.25) is 4.98 Å². The number of nitrogens with one attached hydrogen (secondary N) is 1. The topological polar surface area (TPSA) is 66.2 Å². The van der Waals surface area contributed by atoms with E-state index in [1.807, 2.05) is 13.0 Å². The van der Waals surface area contributed by atoms with E-state index in [1.54, 1.807) is 6.07 Å². The molecule has 4 rings (SSSR count). The molecular weight excluding hydrogens is 386 g/mol. The number of rotatable bonds is 7. The molecule has 0 bridgehead atoms. The van der Waals surface area contributed by atoms with E-state index in [0.717, 1.165) is 60.1 Å². The highest BCUT2D eigenvalue weighted by molar-refractivity contribution is 5.82. The summed E-state index contributed by atoms with van der Waals surface area (Å²) in [5.41, 5.74) is 4.80. The van der Waals surface area contributed by atoms with Crippen LogP contribution in [0.5, 0.6) is 5.75 Å².